The van der Waals surface area contributed by atoms with E-state index in [1.807, 2.05) is 0 Å². The van der Waals surface area contributed by atoms with E-state index in [1.165, 1.54) is 76.0 Å². The number of aliphatic carboxylic acids is 1. The van der Waals surface area contributed by atoms with Gasteiger partial charge in [-0.25, -0.2) is 0 Å². The van der Waals surface area contributed by atoms with Crippen LogP contribution in [0.3, 0.4) is 0 Å². The number of thioether (sulfide) groups is 1. The molecule has 0 spiro atoms. The average molecular weight is 497 g/mol. The first kappa shape index (κ1) is 27.8. The van der Waals surface area contributed by atoms with Gasteiger partial charge >= 0.3 is 0 Å². The quantitative estimate of drug-likeness (QED) is 0.370. The van der Waals surface area contributed by atoms with Gasteiger partial charge in [0.1, 0.15) is 5.69 Å². The molecule has 2 aliphatic carbocycles. The van der Waals surface area contributed by atoms with E-state index in [2.05, 4.69) is 10.6 Å². The Morgan fingerprint density at radius 2 is 1.59 bits per heavy atom. The minimum Gasteiger partial charge on any atom is -0.548 e. The Bertz CT molecular complexity index is 797. The fourth-order valence-electron chi connectivity index (χ4n) is 4.62. The first-order chi connectivity index (χ1) is 16.3. The molecule has 0 heterocycles. The molecule has 3 N–H and O–H groups in total. The fraction of sp³-hybridized carbons (Fsp3) is 0.696. The molecule has 2 fully saturated rings. The van der Waals surface area contributed by atoms with Gasteiger partial charge < -0.3 is 20.5 Å². The van der Waals surface area contributed by atoms with E-state index in [-0.39, 0.29) is 12.1 Å². The largest absolute Gasteiger partial charge is 0.548 e. The Hall–Kier alpha value is -2.40. The molecule has 3 rings (SSSR count). The highest BCUT2D eigenvalue weighted by Gasteiger charge is 2.23. The molecule has 0 amide bonds. The van der Waals surface area contributed by atoms with Gasteiger partial charge in [0.05, 0.1) is 40.0 Å². The average Bonchev–Trinajstić information content (AvgIpc) is 2.83. The third-order valence-electron chi connectivity index (χ3n) is 6.46. The summed E-state index contributed by atoms with van der Waals surface area (Å²) in [5, 5.41) is 37.8. The molecule has 11 heteroatoms. The van der Waals surface area contributed by atoms with Crippen LogP contribution in [0.15, 0.2) is 18.2 Å². The van der Waals surface area contributed by atoms with Gasteiger partial charge in [-0.05, 0) is 75.9 Å². The van der Waals surface area contributed by atoms with Crippen LogP contribution in [0, 0.1) is 20.2 Å². The molecule has 0 unspecified atom stereocenters. The number of nitrogens with zero attached hydrogens (tertiary/aromatic N) is 2. The number of nitro benzene ring substituents is 2. The number of carboxylic acids is 1. The lowest BCUT2D eigenvalue weighted by molar-refractivity contribution is -0.725. The van der Waals surface area contributed by atoms with E-state index in [0.29, 0.717) is 5.75 Å². The molecule has 0 aliphatic heterocycles. The molecule has 2 aliphatic rings. The third-order valence-corrected chi connectivity index (χ3v) is 7.10. The number of nitrogens with two attached hydrogens (primary N) is 1. The summed E-state index contributed by atoms with van der Waals surface area (Å²) in [6, 6.07) is 3.84. The van der Waals surface area contributed by atoms with Crippen molar-refractivity contribution in [1.82, 2.24) is 0 Å². The summed E-state index contributed by atoms with van der Waals surface area (Å²) in [6.45, 7) is 0. The Morgan fingerprint density at radius 3 is 2.03 bits per heavy atom. The summed E-state index contributed by atoms with van der Waals surface area (Å²) in [6.07, 6.45) is 17.0. The second-order valence-corrected chi connectivity index (χ2v) is 9.99. The Morgan fingerprint density at radius 1 is 1.03 bits per heavy atom. The first-order valence-corrected chi connectivity index (χ1v) is 13.4. The van der Waals surface area contributed by atoms with Crippen molar-refractivity contribution in [2.75, 3.05) is 17.3 Å². The highest BCUT2D eigenvalue weighted by atomic mass is 32.2. The molecule has 2 saturated carbocycles. The fourth-order valence-corrected chi connectivity index (χ4v) is 5.09. The predicted molar refractivity (Wildman–Crippen MR) is 131 cm³/mol. The highest BCUT2D eigenvalue weighted by Crippen LogP contribution is 2.29. The van der Waals surface area contributed by atoms with Crippen LogP contribution in [-0.4, -0.2) is 46.0 Å². The number of non-ortho nitro benzene ring substituents is 1. The molecule has 0 bridgehead atoms. The lowest BCUT2D eigenvalue weighted by Crippen LogP contribution is -2.95. The van der Waals surface area contributed by atoms with Crippen LogP contribution in [-0.2, 0) is 4.79 Å². The number of nitro groups is 2. The smallest absolute Gasteiger partial charge is 0.299 e. The van der Waals surface area contributed by atoms with Gasteiger partial charge in [-0.15, -0.1) is 0 Å². The van der Waals surface area contributed by atoms with Crippen molar-refractivity contribution >= 4 is 34.8 Å². The number of anilines is 1. The lowest BCUT2D eigenvalue weighted by atomic mass is 9.91. The molecule has 10 nitrogen and oxygen atoms in total. The molecular formula is C23H36N4O6S. The van der Waals surface area contributed by atoms with Crippen molar-refractivity contribution in [3.8, 4) is 0 Å². The number of carbonyl (C=O) groups is 1. The molecule has 0 radical (unpaired) electrons. The first-order valence-electron chi connectivity index (χ1n) is 12.1. The van der Waals surface area contributed by atoms with Gasteiger partial charge in [-0.1, -0.05) is 12.8 Å². The van der Waals surface area contributed by atoms with Crippen molar-refractivity contribution in [1.29, 1.82) is 0 Å². The summed E-state index contributed by atoms with van der Waals surface area (Å²) in [7, 11) is 0. The second kappa shape index (κ2) is 14.8. The number of rotatable bonds is 10. The number of quaternary nitrogens is 1. The van der Waals surface area contributed by atoms with Crippen molar-refractivity contribution < 1.29 is 25.1 Å². The third kappa shape index (κ3) is 9.46. The van der Waals surface area contributed by atoms with E-state index in [4.69, 9.17) is 0 Å². The van der Waals surface area contributed by atoms with Gasteiger partial charge in [0.25, 0.3) is 11.4 Å². The zero-order chi connectivity index (χ0) is 24.9. The highest BCUT2D eigenvalue weighted by molar-refractivity contribution is 7.98. The summed E-state index contributed by atoms with van der Waals surface area (Å²) in [4.78, 5) is 31.0. The molecule has 1 aromatic carbocycles. The van der Waals surface area contributed by atoms with Crippen LogP contribution >= 0.6 is 11.8 Å². The van der Waals surface area contributed by atoms with Gasteiger partial charge in [-0.3, -0.25) is 20.2 Å². The monoisotopic (exact) mass is 496 g/mol. The summed E-state index contributed by atoms with van der Waals surface area (Å²) >= 11 is 1.42. The standard InChI is InChI=1S/C12H23N.C11H13N3O6S/c1-3-7-11(8-4-1)13-12-9-5-2-6-10-12;1-21-5-4-9(11(15)16)12-8-3-2-7(13(17)18)6-10(8)14(19)20/h11-13H,1-10H2;2-3,6,9,12H,4-5H2,1H3,(H,15,16)/t;9-/m.1/s1. The molecule has 34 heavy (non-hydrogen) atoms. The maximum Gasteiger partial charge on any atom is 0.299 e. The minimum absolute atomic E-state index is 0.0964. The number of carbonyl (C=O) groups excluding carboxylic acids is 1. The topological polar surface area (TPSA) is 155 Å². The summed E-state index contributed by atoms with van der Waals surface area (Å²) in [5.74, 6) is -0.872. The van der Waals surface area contributed by atoms with Crippen LogP contribution in [0.25, 0.3) is 0 Å². The minimum atomic E-state index is -1.39. The number of nitrogens with one attached hydrogen (secondary N) is 1. The Balaban J connectivity index is 0.000000266. The van der Waals surface area contributed by atoms with Gasteiger partial charge in [0.2, 0.25) is 0 Å². The molecule has 0 aromatic heterocycles. The number of hydrogen-bond donors (Lipinski definition) is 2. The Labute approximate surface area is 204 Å². The number of benzene rings is 1. The van der Waals surface area contributed by atoms with E-state index < -0.39 is 33.2 Å². The zero-order valence-corrected chi connectivity index (χ0v) is 20.6. The lowest BCUT2D eigenvalue weighted by Gasteiger charge is -2.27. The van der Waals surface area contributed by atoms with Crippen LogP contribution in [0.2, 0.25) is 0 Å². The van der Waals surface area contributed by atoms with Crippen LogP contribution in [0.5, 0.6) is 0 Å². The van der Waals surface area contributed by atoms with Crippen LogP contribution in [0.4, 0.5) is 17.1 Å². The molecule has 0 saturated heterocycles. The van der Waals surface area contributed by atoms with Gasteiger partial charge in [-0.2, -0.15) is 11.8 Å². The van der Waals surface area contributed by atoms with Gasteiger partial charge in [0, 0.05) is 6.07 Å². The van der Waals surface area contributed by atoms with E-state index in [9.17, 15) is 30.1 Å². The van der Waals surface area contributed by atoms with Crippen molar-refractivity contribution in [2.24, 2.45) is 0 Å². The zero-order valence-electron chi connectivity index (χ0n) is 19.8. The summed E-state index contributed by atoms with van der Waals surface area (Å²) < 4.78 is 0. The maximum atomic E-state index is 11.0. The summed E-state index contributed by atoms with van der Waals surface area (Å²) in [5.41, 5.74) is -1.10. The number of carboxylic acid groups (broad SMARTS) is 1. The maximum absolute atomic E-state index is 11.0. The normalized spacial score (nSPS) is 17.8. The van der Waals surface area contributed by atoms with Crippen LogP contribution in [0.1, 0.15) is 70.6 Å². The van der Waals surface area contributed by atoms with Crippen molar-refractivity contribution in [3.05, 3.63) is 38.4 Å². The van der Waals surface area contributed by atoms with Crippen molar-refractivity contribution in [2.45, 2.75) is 88.8 Å². The molecule has 190 valence electrons. The van der Waals surface area contributed by atoms with Crippen LogP contribution < -0.4 is 15.7 Å². The Kier molecular flexibility index (Phi) is 12.1. The van der Waals surface area contributed by atoms with E-state index >= 15 is 0 Å². The molecule has 1 aromatic rings. The second-order valence-electron chi connectivity index (χ2n) is 9.00. The number of hydrogen-bond acceptors (Lipinski definition) is 8. The van der Waals surface area contributed by atoms with Crippen molar-refractivity contribution in [3.63, 3.8) is 0 Å². The molecular weight excluding hydrogens is 460 g/mol. The van der Waals surface area contributed by atoms with Gasteiger partial charge in [0.15, 0.2) is 0 Å². The predicted octanol–water partition coefficient (Wildman–Crippen LogP) is 3.00. The van der Waals surface area contributed by atoms with E-state index in [0.717, 1.165) is 30.3 Å². The SMILES string of the molecule is C1CCC([NH2+]C2CCCCC2)CC1.CSCC[C@@H](Nc1ccc([N+](=O)[O-])cc1[N+](=O)[O-])C(=O)[O-]. The van der Waals surface area contributed by atoms with E-state index in [1.54, 1.807) is 6.26 Å². The molecule has 1 atom stereocenters.